The molecule has 1 aliphatic heterocycles. The van der Waals surface area contributed by atoms with Gasteiger partial charge >= 0.3 is 0 Å². The molecule has 9 heteroatoms. The molecule has 4 rings (SSSR count). The molecule has 0 aliphatic carbocycles. The first kappa shape index (κ1) is 21.9. The van der Waals surface area contributed by atoms with Crippen molar-refractivity contribution in [3.05, 3.63) is 81.0 Å². The van der Waals surface area contributed by atoms with Crippen LogP contribution in [0.25, 0.3) is 0 Å². The number of hydrogen-bond acceptors (Lipinski definition) is 8. The highest BCUT2D eigenvalue weighted by Gasteiger charge is 2.37. The van der Waals surface area contributed by atoms with E-state index in [-0.39, 0.29) is 34.9 Å². The lowest BCUT2D eigenvalue weighted by molar-refractivity contribution is 0.321. The Morgan fingerprint density at radius 1 is 1.15 bits per heavy atom. The Bertz CT molecular complexity index is 1330. The van der Waals surface area contributed by atoms with Crippen LogP contribution in [0.5, 0.6) is 23.0 Å². The number of ether oxygens (including phenoxy) is 4. The number of benzene rings is 1. The van der Waals surface area contributed by atoms with Crippen molar-refractivity contribution in [3.8, 4) is 29.1 Å². The molecular weight excluding hydrogens is 426 g/mol. The number of rotatable bonds is 6. The molecule has 0 bridgehead atoms. The average Bonchev–Trinajstić information content (AvgIpc) is 3.33. The number of fused-ring (bicyclic) bond motifs is 1. The molecule has 0 saturated heterocycles. The molecule has 3 aromatic rings. The second-order valence-electron chi connectivity index (χ2n) is 7.38. The molecule has 0 unspecified atom stereocenters. The van der Waals surface area contributed by atoms with E-state index in [4.69, 9.17) is 29.1 Å². The second kappa shape index (κ2) is 8.67. The van der Waals surface area contributed by atoms with Gasteiger partial charge in [0.15, 0.2) is 11.5 Å². The number of nitrogens with two attached hydrogens (primary N) is 1. The largest absolute Gasteiger partial charge is 0.493 e. The van der Waals surface area contributed by atoms with Crippen LogP contribution in [-0.2, 0) is 6.54 Å². The standard InChI is InChI=1S/C24H23N3O6/c1-13-10-18-20(24(28)27(13)12-14-6-5-9-32-14)19(16(11-25)23(26)33-18)15-7-8-17(29-2)22(31-4)21(15)30-3/h5-10,19H,12,26H2,1-4H3/t19-/m1/s1. The Morgan fingerprint density at radius 2 is 1.91 bits per heavy atom. The fraction of sp³-hybridized carbons (Fsp3) is 0.250. The summed E-state index contributed by atoms with van der Waals surface area (Å²) in [6.45, 7) is 2.02. The average molecular weight is 449 g/mol. The number of aromatic nitrogens is 1. The van der Waals surface area contributed by atoms with Crippen LogP contribution in [0.15, 0.2) is 57.3 Å². The monoisotopic (exact) mass is 449 g/mol. The fourth-order valence-electron chi connectivity index (χ4n) is 4.10. The summed E-state index contributed by atoms with van der Waals surface area (Å²) in [7, 11) is 4.47. The van der Waals surface area contributed by atoms with E-state index >= 15 is 0 Å². The molecule has 0 amide bonds. The van der Waals surface area contributed by atoms with E-state index in [2.05, 4.69) is 6.07 Å². The summed E-state index contributed by atoms with van der Waals surface area (Å²) in [5.41, 5.74) is 7.32. The molecule has 1 aliphatic rings. The van der Waals surface area contributed by atoms with Gasteiger partial charge in [-0.2, -0.15) is 5.26 Å². The molecule has 0 fully saturated rings. The van der Waals surface area contributed by atoms with Gasteiger partial charge in [0.2, 0.25) is 11.6 Å². The lowest BCUT2D eigenvalue weighted by atomic mass is 9.83. The van der Waals surface area contributed by atoms with Crippen molar-refractivity contribution in [1.29, 1.82) is 5.26 Å². The molecule has 1 atom stereocenters. The van der Waals surface area contributed by atoms with E-state index in [1.165, 1.54) is 21.3 Å². The number of allylic oxidation sites excluding steroid dienone is 1. The van der Waals surface area contributed by atoms with Gasteiger partial charge in [-0.3, -0.25) is 4.79 Å². The Morgan fingerprint density at radius 3 is 2.52 bits per heavy atom. The summed E-state index contributed by atoms with van der Waals surface area (Å²) in [6, 6.07) is 10.8. The van der Waals surface area contributed by atoms with E-state index in [0.29, 0.717) is 34.3 Å². The van der Waals surface area contributed by atoms with Gasteiger partial charge < -0.3 is 33.7 Å². The predicted molar refractivity (Wildman–Crippen MR) is 119 cm³/mol. The van der Waals surface area contributed by atoms with Gasteiger partial charge in [0.05, 0.1) is 45.6 Å². The summed E-state index contributed by atoms with van der Waals surface area (Å²) in [4.78, 5) is 13.8. The smallest absolute Gasteiger partial charge is 0.259 e. The summed E-state index contributed by atoms with van der Waals surface area (Å²) in [5, 5.41) is 9.94. The predicted octanol–water partition coefficient (Wildman–Crippen LogP) is 3.04. The van der Waals surface area contributed by atoms with Gasteiger partial charge in [-0.1, -0.05) is 6.07 Å². The van der Waals surface area contributed by atoms with Crippen LogP contribution >= 0.6 is 0 Å². The zero-order valence-electron chi connectivity index (χ0n) is 18.7. The molecule has 2 N–H and O–H groups in total. The molecule has 0 saturated carbocycles. The molecule has 2 aromatic heterocycles. The van der Waals surface area contributed by atoms with Gasteiger partial charge in [-0.05, 0) is 25.1 Å². The lowest BCUT2D eigenvalue weighted by Gasteiger charge is -2.28. The highest BCUT2D eigenvalue weighted by atomic mass is 16.5. The Balaban J connectivity index is 2.01. The normalized spacial score (nSPS) is 14.8. The van der Waals surface area contributed by atoms with Crippen LogP contribution in [0.2, 0.25) is 0 Å². The maximum absolute atomic E-state index is 13.8. The van der Waals surface area contributed by atoms with Crippen molar-refractivity contribution < 1.29 is 23.4 Å². The number of nitrogens with zero attached hydrogens (tertiary/aromatic N) is 2. The van der Waals surface area contributed by atoms with Crippen molar-refractivity contribution in [2.75, 3.05) is 21.3 Å². The first-order valence-corrected chi connectivity index (χ1v) is 10.1. The number of methoxy groups -OCH3 is 3. The van der Waals surface area contributed by atoms with Crippen LogP contribution < -0.4 is 30.2 Å². The van der Waals surface area contributed by atoms with Crippen molar-refractivity contribution in [3.63, 3.8) is 0 Å². The number of nitriles is 1. The number of hydrogen-bond donors (Lipinski definition) is 1. The van der Waals surface area contributed by atoms with Crippen molar-refractivity contribution in [2.45, 2.75) is 19.4 Å². The number of pyridine rings is 1. The fourth-order valence-corrected chi connectivity index (χ4v) is 4.10. The van der Waals surface area contributed by atoms with Gasteiger partial charge in [0, 0.05) is 17.3 Å². The Labute approximate surface area is 190 Å². The summed E-state index contributed by atoms with van der Waals surface area (Å²) < 4.78 is 29.2. The Kier molecular flexibility index (Phi) is 5.75. The minimum Gasteiger partial charge on any atom is -0.493 e. The van der Waals surface area contributed by atoms with Gasteiger partial charge in [-0.25, -0.2) is 0 Å². The van der Waals surface area contributed by atoms with Gasteiger partial charge in [0.1, 0.15) is 23.2 Å². The SMILES string of the molecule is COc1ccc([C@@H]2C(C#N)=C(N)Oc3cc(C)n(Cc4ccco4)c(=O)c32)c(OC)c1OC. The summed E-state index contributed by atoms with van der Waals surface area (Å²) in [6.07, 6.45) is 1.55. The lowest BCUT2D eigenvalue weighted by Crippen LogP contribution is -2.33. The van der Waals surface area contributed by atoms with E-state index in [0.717, 1.165) is 0 Å². The molecule has 0 spiro atoms. The van der Waals surface area contributed by atoms with Crippen LogP contribution in [0.4, 0.5) is 0 Å². The third kappa shape index (κ3) is 3.55. The quantitative estimate of drug-likeness (QED) is 0.609. The maximum Gasteiger partial charge on any atom is 0.259 e. The number of aryl methyl sites for hydroxylation is 1. The van der Waals surface area contributed by atoms with Crippen LogP contribution in [0.3, 0.4) is 0 Å². The molecular formula is C24H23N3O6. The van der Waals surface area contributed by atoms with Crippen LogP contribution in [0, 0.1) is 18.3 Å². The molecule has 0 radical (unpaired) electrons. The van der Waals surface area contributed by atoms with E-state index in [1.54, 1.807) is 48.1 Å². The first-order chi connectivity index (χ1) is 15.9. The highest BCUT2D eigenvalue weighted by Crippen LogP contribution is 2.48. The van der Waals surface area contributed by atoms with Gasteiger partial charge in [-0.15, -0.1) is 0 Å². The summed E-state index contributed by atoms with van der Waals surface area (Å²) in [5.74, 6) is 1.09. The number of furan rings is 1. The molecule has 170 valence electrons. The second-order valence-corrected chi connectivity index (χ2v) is 7.38. The molecule has 9 nitrogen and oxygen atoms in total. The minimum absolute atomic E-state index is 0.0746. The summed E-state index contributed by atoms with van der Waals surface area (Å²) >= 11 is 0. The topological polar surface area (TPSA) is 122 Å². The third-order valence-corrected chi connectivity index (χ3v) is 5.63. The Hall–Kier alpha value is -4.32. The van der Waals surface area contributed by atoms with Crippen LogP contribution in [-0.4, -0.2) is 25.9 Å². The van der Waals surface area contributed by atoms with Crippen molar-refractivity contribution in [2.24, 2.45) is 5.73 Å². The maximum atomic E-state index is 13.8. The van der Waals surface area contributed by atoms with Crippen molar-refractivity contribution >= 4 is 0 Å². The van der Waals surface area contributed by atoms with E-state index in [1.807, 2.05) is 0 Å². The van der Waals surface area contributed by atoms with E-state index in [9.17, 15) is 10.1 Å². The zero-order chi connectivity index (χ0) is 23.7. The van der Waals surface area contributed by atoms with E-state index < -0.39 is 5.92 Å². The minimum atomic E-state index is -0.843. The van der Waals surface area contributed by atoms with Crippen molar-refractivity contribution in [1.82, 2.24) is 4.57 Å². The third-order valence-electron chi connectivity index (χ3n) is 5.63. The van der Waals surface area contributed by atoms with Crippen LogP contribution in [0.1, 0.15) is 28.5 Å². The molecule has 3 heterocycles. The highest BCUT2D eigenvalue weighted by molar-refractivity contribution is 5.64. The first-order valence-electron chi connectivity index (χ1n) is 10.1. The van der Waals surface area contributed by atoms with Gasteiger partial charge in [0.25, 0.3) is 5.56 Å². The molecule has 33 heavy (non-hydrogen) atoms. The molecule has 1 aromatic carbocycles. The zero-order valence-corrected chi connectivity index (χ0v) is 18.7.